The molecule has 0 bridgehead atoms. The Morgan fingerprint density at radius 2 is 1.13 bits per heavy atom. The van der Waals surface area contributed by atoms with Crippen molar-refractivity contribution in [2.24, 2.45) is 0 Å². The number of rotatable bonds is 3. The molecule has 10 aromatic rings. The molecular formula is C42H24N2OS. The normalized spacial score (nSPS) is 11.9. The van der Waals surface area contributed by atoms with Crippen molar-refractivity contribution in [3.8, 4) is 33.4 Å². The van der Waals surface area contributed by atoms with E-state index in [-0.39, 0.29) is 0 Å². The fourth-order valence-electron chi connectivity index (χ4n) is 7.13. The predicted molar refractivity (Wildman–Crippen MR) is 194 cm³/mol. The zero-order valence-corrected chi connectivity index (χ0v) is 25.4. The van der Waals surface area contributed by atoms with Gasteiger partial charge in [0, 0.05) is 43.3 Å². The first-order valence-corrected chi connectivity index (χ1v) is 16.2. The van der Waals surface area contributed by atoms with Crippen molar-refractivity contribution in [3.63, 3.8) is 0 Å². The fraction of sp³-hybridized carbons (Fsp3) is 0. The van der Waals surface area contributed by atoms with Gasteiger partial charge in [-0.2, -0.15) is 0 Å². The largest absolute Gasteiger partial charge is 0.436 e. The van der Waals surface area contributed by atoms with Gasteiger partial charge in [-0.1, -0.05) is 121 Å². The second-order valence-corrected chi connectivity index (χ2v) is 12.8. The first-order chi connectivity index (χ1) is 22.8. The summed E-state index contributed by atoms with van der Waals surface area (Å²) in [6.45, 7) is 0. The van der Waals surface area contributed by atoms with Gasteiger partial charge >= 0.3 is 0 Å². The molecule has 3 heterocycles. The molecule has 4 heteroatoms. The lowest BCUT2D eigenvalue weighted by molar-refractivity contribution is 0.656. The number of benzene rings is 7. The Hall–Kier alpha value is -5.84. The van der Waals surface area contributed by atoms with Crippen LogP contribution >= 0.6 is 11.3 Å². The zero-order chi connectivity index (χ0) is 30.2. The van der Waals surface area contributed by atoms with Crippen LogP contribution in [0, 0.1) is 0 Å². The summed E-state index contributed by atoms with van der Waals surface area (Å²) in [6.07, 6.45) is 3.43. The van der Waals surface area contributed by atoms with Gasteiger partial charge in [0.15, 0.2) is 0 Å². The van der Waals surface area contributed by atoms with E-state index in [1.807, 2.05) is 11.3 Å². The summed E-state index contributed by atoms with van der Waals surface area (Å²) in [5, 5.41) is 8.21. The average Bonchev–Trinajstić information content (AvgIpc) is 3.71. The van der Waals surface area contributed by atoms with Crippen molar-refractivity contribution >= 4 is 75.3 Å². The minimum absolute atomic E-state index is 0.562. The first kappa shape index (κ1) is 25.5. The van der Waals surface area contributed by atoms with Crippen molar-refractivity contribution in [3.05, 3.63) is 146 Å². The molecule has 0 atom stereocenters. The molecule has 7 aromatic carbocycles. The Balaban J connectivity index is 1.12. The number of fused-ring (bicyclic) bond motifs is 11. The van der Waals surface area contributed by atoms with Crippen LogP contribution in [0.4, 0.5) is 0 Å². The highest BCUT2D eigenvalue weighted by Crippen LogP contribution is 2.44. The van der Waals surface area contributed by atoms with E-state index in [1.165, 1.54) is 47.8 Å². The van der Waals surface area contributed by atoms with Crippen LogP contribution in [0.5, 0.6) is 0 Å². The lowest BCUT2D eigenvalue weighted by Crippen LogP contribution is -1.87. The van der Waals surface area contributed by atoms with Crippen LogP contribution in [0.3, 0.4) is 0 Å². The van der Waals surface area contributed by atoms with Crippen molar-refractivity contribution in [2.75, 3.05) is 0 Å². The summed E-state index contributed by atoms with van der Waals surface area (Å²) < 4.78 is 9.02. The number of furan rings is 1. The van der Waals surface area contributed by atoms with Crippen LogP contribution in [-0.4, -0.2) is 9.97 Å². The fourth-order valence-corrected chi connectivity index (χ4v) is 8.37. The molecule has 0 saturated heterocycles. The smallest absolute Gasteiger partial charge is 0.246 e. The van der Waals surface area contributed by atoms with E-state index < -0.39 is 0 Å². The van der Waals surface area contributed by atoms with Gasteiger partial charge in [0.2, 0.25) is 5.71 Å². The summed E-state index contributed by atoms with van der Waals surface area (Å²) in [5.74, 6) is 0. The molecule has 0 unspecified atom stereocenters. The molecule has 0 amide bonds. The summed E-state index contributed by atoms with van der Waals surface area (Å²) in [4.78, 5) is 9.23. The summed E-state index contributed by atoms with van der Waals surface area (Å²) in [6, 6.07) is 48.2. The number of aromatic nitrogens is 2. The maximum Gasteiger partial charge on any atom is 0.246 e. The second-order valence-electron chi connectivity index (χ2n) is 11.7. The minimum Gasteiger partial charge on any atom is -0.436 e. The van der Waals surface area contributed by atoms with Gasteiger partial charge < -0.3 is 4.42 Å². The van der Waals surface area contributed by atoms with E-state index in [2.05, 4.69) is 138 Å². The van der Waals surface area contributed by atoms with Crippen LogP contribution in [0.2, 0.25) is 0 Å². The van der Waals surface area contributed by atoms with Crippen LogP contribution in [0.1, 0.15) is 0 Å². The SMILES string of the molecule is c1cc(-c2ccc(-c3cccc4c5ccccc5c5oc6nccnc6c5c34)cc2)cc(-c2cccc3c2sc2ccccc23)c1. The van der Waals surface area contributed by atoms with Gasteiger partial charge in [0.25, 0.3) is 0 Å². The van der Waals surface area contributed by atoms with Gasteiger partial charge in [-0.05, 0) is 56.3 Å². The van der Waals surface area contributed by atoms with E-state index in [9.17, 15) is 0 Å². The van der Waals surface area contributed by atoms with Gasteiger partial charge in [-0.15, -0.1) is 11.3 Å². The van der Waals surface area contributed by atoms with E-state index >= 15 is 0 Å². The van der Waals surface area contributed by atoms with Gasteiger partial charge in [0.05, 0.1) is 5.39 Å². The molecule has 3 nitrogen and oxygen atoms in total. The Morgan fingerprint density at radius 3 is 2.02 bits per heavy atom. The van der Waals surface area contributed by atoms with Gasteiger partial charge in [-0.3, -0.25) is 0 Å². The highest BCUT2D eigenvalue weighted by Gasteiger charge is 2.20. The maximum atomic E-state index is 6.36. The molecule has 0 aliphatic heterocycles. The molecule has 3 aromatic heterocycles. The Bertz CT molecular complexity index is 2810. The predicted octanol–water partition coefficient (Wildman–Crippen LogP) is 12.1. The van der Waals surface area contributed by atoms with Crippen molar-refractivity contribution < 1.29 is 4.42 Å². The van der Waals surface area contributed by atoms with Crippen LogP contribution < -0.4 is 0 Å². The van der Waals surface area contributed by atoms with Gasteiger partial charge in [0.1, 0.15) is 11.1 Å². The molecular weight excluding hydrogens is 581 g/mol. The zero-order valence-electron chi connectivity index (χ0n) is 24.6. The van der Waals surface area contributed by atoms with E-state index in [0.717, 1.165) is 43.8 Å². The number of hydrogen-bond acceptors (Lipinski definition) is 4. The minimum atomic E-state index is 0.562. The van der Waals surface area contributed by atoms with Crippen LogP contribution in [0.15, 0.2) is 150 Å². The molecule has 214 valence electrons. The third kappa shape index (κ3) is 3.71. The van der Waals surface area contributed by atoms with Crippen LogP contribution in [0.25, 0.3) is 97.3 Å². The number of hydrogen-bond donors (Lipinski definition) is 0. The van der Waals surface area contributed by atoms with E-state index in [0.29, 0.717) is 5.71 Å². The molecule has 0 radical (unpaired) electrons. The topological polar surface area (TPSA) is 38.9 Å². The third-order valence-electron chi connectivity index (χ3n) is 9.21. The van der Waals surface area contributed by atoms with E-state index in [4.69, 9.17) is 9.40 Å². The molecule has 0 aliphatic rings. The highest BCUT2D eigenvalue weighted by molar-refractivity contribution is 7.26. The highest BCUT2D eigenvalue weighted by atomic mass is 32.1. The quantitative estimate of drug-likeness (QED) is 0.188. The van der Waals surface area contributed by atoms with Crippen LogP contribution in [-0.2, 0) is 0 Å². The van der Waals surface area contributed by atoms with Crippen molar-refractivity contribution in [1.82, 2.24) is 9.97 Å². The summed E-state index contributed by atoms with van der Waals surface area (Å²) >= 11 is 1.87. The molecule has 0 N–H and O–H groups in total. The second kappa shape index (κ2) is 9.83. The molecule has 46 heavy (non-hydrogen) atoms. The standard InChI is InChI=1S/C42H24N2OS/c1-2-12-34-31(10-1)33-15-6-13-29(37(33)38-39-42(45-40(34)38)44-23-22-43-39)26-20-18-25(19-21-26)27-8-5-9-28(24-27)30-14-7-16-35-32-11-3-4-17-36(32)46-41(30)35/h1-24H. The molecule has 0 spiro atoms. The number of thiophene rings is 1. The molecule has 0 fully saturated rings. The third-order valence-corrected chi connectivity index (χ3v) is 10.4. The Kier molecular flexibility index (Phi) is 5.45. The van der Waals surface area contributed by atoms with Crippen molar-refractivity contribution in [2.45, 2.75) is 0 Å². The number of nitrogens with zero attached hydrogens (tertiary/aromatic N) is 2. The summed E-state index contributed by atoms with van der Waals surface area (Å²) in [7, 11) is 0. The van der Waals surface area contributed by atoms with Gasteiger partial charge in [-0.25, -0.2) is 9.97 Å². The molecule has 0 saturated carbocycles. The molecule has 0 aliphatic carbocycles. The van der Waals surface area contributed by atoms with Crippen molar-refractivity contribution in [1.29, 1.82) is 0 Å². The summed E-state index contributed by atoms with van der Waals surface area (Å²) in [5.41, 5.74) is 9.38. The Morgan fingerprint density at radius 1 is 0.457 bits per heavy atom. The first-order valence-electron chi connectivity index (χ1n) is 15.4. The van der Waals surface area contributed by atoms with E-state index in [1.54, 1.807) is 12.4 Å². The monoisotopic (exact) mass is 604 g/mol. The molecule has 10 rings (SSSR count). The Labute approximate surface area is 268 Å². The average molecular weight is 605 g/mol. The maximum absolute atomic E-state index is 6.36. The lowest BCUT2D eigenvalue weighted by atomic mass is 9.91. The lowest BCUT2D eigenvalue weighted by Gasteiger charge is -2.12.